The van der Waals surface area contributed by atoms with Gasteiger partial charge >= 0.3 is 0 Å². The first-order chi connectivity index (χ1) is 25.3. The summed E-state index contributed by atoms with van der Waals surface area (Å²) < 4.78 is 9.02. The summed E-state index contributed by atoms with van der Waals surface area (Å²) >= 11 is 0. The number of anilines is 3. The molecule has 2 heterocycles. The van der Waals surface area contributed by atoms with E-state index in [1.54, 1.807) is 0 Å². The van der Waals surface area contributed by atoms with Gasteiger partial charge in [0.1, 0.15) is 5.52 Å². The van der Waals surface area contributed by atoms with Crippen LogP contribution in [-0.4, -0.2) is 9.55 Å². The number of aromatic nitrogens is 2. The number of oxazole rings is 1. The second-order valence-corrected chi connectivity index (χ2v) is 12.8. The quantitative estimate of drug-likeness (QED) is 0.179. The Balaban J connectivity index is 1.25. The van der Waals surface area contributed by atoms with Gasteiger partial charge < -0.3 is 13.9 Å². The number of hydrogen-bond acceptors (Lipinski definition) is 3. The third-order valence-corrected chi connectivity index (χ3v) is 9.78. The zero-order valence-corrected chi connectivity index (χ0v) is 27.6. The van der Waals surface area contributed by atoms with Crippen LogP contribution in [0.2, 0.25) is 0 Å². The highest BCUT2D eigenvalue weighted by molar-refractivity contribution is 6.14. The average Bonchev–Trinajstić information content (AvgIpc) is 3.79. The number of nitrogens with zero attached hydrogens (tertiary/aromatic N) is 3. The van der Waals surface area contributed by atoms with Crippen molar-refractivity contribution in [3.05, 3.63) is 188 Å². The van der Waals surface area contributed by atoms with E-state index in [-0.39, 0.29) is 0 Å². The Morgan fingerprint density at radius 1 is 0.471 bits per heavy atom. The third-order valence-electron chi connectivity index (χ3n) is 9.78. The van der Waals surface area contributed by atoms with E-state index < -0.39 is 0 Å². The minimum absolute atomic E-state index is 0.612. The second-order valence-electron chi connectivity index (χ2n) is 12.8. The van der Waals surface area contributed by atoms with Crippen LogP contribution in [0.5, 0.6) is 0 Å². The Morgan fingerprint density at radius 3 is 1.96 bits per heavy atom. The zero-order valence-electron chi connectivity index (χ0n) is 27.6. The van der Waals surface area contributed by atoms with E-state index >= 15 is 0 Å². The van der Waals surface area contributed by atoms with Crippen LogP contribution in [0.15, 0.2) is 192 Å². The van der Waals surface area contributed by atoms with Gasteiger partial charge in [0.25, 0.3) is 0 Å². The molecular weight excluding hydrogens is 623 g/mol. The van der Waals surface area contributed by atoms with E-state index in [4.69, 9.17) is 9.40 Å². The topological polar surface area (TPSA) is 34.2 Å². The maximum absolute atomic E-state index is 6.66. The van der Waals surface area contributed by atoms with Gasteiger partial charge in [-0.1, -0.05) is 115 Å². The third kappa shape index (κ3) is 4.88. The summed E-state index contributed by atoms with van der Waals surface area (Å²) in [5.41, 5.74) is 11.5. The molecule has 0 bridgehead atoms. The van der Waals surface area contributed by atoms with Crippen molar-refractivity contribution in [3.63, 3.8) is 0 Å². The molecule has 4 heteroatoms. The standard InChI is InChI=1S/C47H31N3O/c1-4-14-32(15-5-1)35-19-12-22-37(30-35)49(38-27-29-43-40(31-38)39-23-10-11-24-42(39)50(43)36-20-8-3-9-21-36)44-25-13-18-33-26-28-41-46(45(33)44)51-47(48-41)34-16-6-2-7-17-34/h1-31H. The van der Waals surface area contributed by atoms with Crippen molar-refractivity contribution in [1.29, 1.82) is 0 Å². The normalized spacial score (nSPS) is 11.5. The summed E-state index contributed by atoms with van der Waals surface area (Å²) in [4.78, 5) is 7.32. The van der Waals surface area contributed by atoms with Crippen molar-refractivity contribution in [2.45, 2.75) is 0 Å². The van der Waals surface area contributed by atoms with Crippen LogP contribution in [0, 0.1) is 0 Å². The van der Waals surface area contributed by atoms with Crippen molar-refractivity contribution in [2.24, 2.45) is 0 Å². The molecule has 0 unspecified atom stereocenters. The molecule has 0 saturated carbocycles. The van der Waals surface area contributed by atoms with Gasteiger partial charge in [-0.05, 0) is 89.3 Å². The Bertz CT molecular complexity index is 2850. The first kappa shape index (κ1) is 29.0. The lowest BCUT2D eigenvalue weighted by Crippen LogP contribution is -2.10. The maximum Gasteiger partial charge on any atom is 0.227 e. The fourth-order valence-electron chi connectivity index (χ4n) is 7.46. The van der Waals surface area contributed by atoms with Gasteiger partial charge in [0.15, 0.2) is 5.58 Å². The fourth-order valence-corrected chi connectivity index (χ4v) is 7.46. The molecule has 0 aliphatic rings. The molecule has 0 amide bonds. The number of rotatable bonds is 6. The lowest BCUT2D eigenvalue weighted by molar-refractivity contribution is 0.623. The van der Waals surface area contributed by atoms with Gasteiger partial charge in [-0.2, -0.15) is 0 Å². The molecule has 0 aliphatic carbocycles. The van der Waals surface area contributed by atoms with Crippen molar-refractivity contribution in [2.75, 3.05) is 4.90 Å². The van der Waals surface area contributed by atoms with Gasteiger partial charge in [0.05, 0.1) is 22.1 Å². The van der Waals surface area contributed by atoms with Gasteiger partial charge in [0.2, 0.25) is 5.89 Å². The predicted octanol–water partition coefficient (Wildman–Crippen LogP) is 12.9. The van der Waals surface area contributed by atoms with Crippen LogP contribution in [-0.2, 0) is 0 Å². The minimum atomic E-state index is 0.612. The fraction of sp³-hybridized carbons (Fsp3) is 0. The Labute approximate surface area is 295 Å². The lowest BCUT2D eigenvalue weighted by atomic mass is 10.0. The highest BCUT2D eigenvalue weighted by atomic mass is 16.3. The molecule has 51 heavy (non-hydrogen) atoms. The summed E-state index contributed by atoms with van der Waals surface area (Å²) in [5, 5.41) is 4.50. The highest BCUT2D eigenvalue weighted by Crippen LogP contribution is 2.45. The maximum atomic E-state index is 6.66. The molecule has 240 valence electrons. The van der Waals surface area contributed by atoms with Crippen LogP contribution >= 0.6 is 0 Å². The molecule has 0 atom stereocenters. The number of fused-ring (bicyclic) bond motifs is 6. The Hall–Kier alpha value is -6.91. The van der Waals surface area contributed by atoms with E-state index in [1.807, 2.05) is 30.3 Å². The Morgan fingerprint density at radius 2 is 1.14 bits per heavy atom. The monoisotopic (exact) mass is 653 g/mol. The minimum Gasteiger partial charge on any atom is -0.435 e. The van der Waals surface area contributed by atoms with Gasteiger partial charge in [-0.25, -0.2) is 4.98 Å². The zero-order chi connectivity index (χ0) is 33.7. The summed E-state index contributed by atoms with van der Waals surface area (Å²) in [5.74, 6) is 0.612. The van der Waals surface area contributed by atoms with Crippen LogP contribution in [0.4, 0.5) is 17.1 Å². The molecule has 0 N–H and O–H groups in total. The second kappa shape index (κ2) is 11.9. The molecule has 0 saturated heterocycles. The molecule has 10 aromatic rings. The molecule has 0 spiro atoms. The van der Waals surface area contributed by atoms with Gasteiger partial charge in [-0.3, -0.25) is 0 Å². The van der Waals surface area contributed by atoms with Crippen molar-refractivity contribution < 1.29 is 4.42 Å². The highest BCUT2D eigenvalue weighted by Gasteiger charge is 2.22. The first-order valence-electron chi connectivity index (χ1n) is 17.2. The lowest BCUT2D eigenvalue weighted by Gasteiger charge is -2.27. The molecule has 2 aromatic heterocycles. The van der Waals surface area contributed by atoms with Crippen molar-refractivity contribution in [1.82, 2.24) is 9.55 Å². The Kier molecular flexibility index (Phi) is 6.78. The van der Waals surface area contributed by atoms with Crippen molar-refractivity contribution >= 4 is 60.7 Å². The van der Waals surface area contributed by atoms with Gasteiger partial charge in [-0.15, -0.1) is 0 Å². The summed E-state index contributed by atoms with van der Waals surface area (Å²) in [7, 11) is 0. The van der Waals surface area contributed by atoms with E-state index in [9.17, 15) is 0 Å². The average molecular weight is 654 g/mol. The molecule has 0 aliphatic heterocycles. The molecule has 4 nitrogen and oxygen atoms in total. The van der Waals surface area contributed by atoms with Crippen LogP contribution in [0.25, 0.3) is 71.9 Å². The molecule has 8 aromatic carbocycles. The molecule has 0 radical (unpaired) electrons. The summed E-state index contributed by atoms with van der Waals surface area (Å²) in [6.45, 7) is 0. The number of para-hydroxylation sites is 2. The SMILES string of the molecule is c1ccc(-c2cccc(N(c3ccc4c(c3)c3ccccc3n4-c3ccccc3)c3cccc4ccc5nc(-c6ccccc6)oc5c34)c2)cc1. The van der Waals surface area contributed by atoms with E-state index in [1.165, 1.54) is 21.9 Å². The molecular formula is C47H31N3O. The largest absolute Gasteiger partial charge is 0.435 e. The van der Waals surface area contributed by atoms with Gasteiger partial charge in [0, 0.05) is 33.4 Å². The van der Waals surface area contributed by atoms with Crippen molar-refractivity contribution in [3.8, 4) is 28.3 Å². The number of benzene rings is 8. The smallest absolute Gasteiger partial charge is 0.227 e. The van der Waals surface area contributed by atoms with Crippen LogP contribution in [0.3, 0.4) is 0 Å². The summed E-state index contributed by atoms with van der Waals surface area (Å²) in [6.07, 6.45) is 0. The van der Waals surface area contributed by atoms with E-state index in [0.29, 0.717) is 5.89 Å². The van der Waals surface area contributed by atoms with Crippen LogP contribution < -0.4 is 4.90 Å². The molecule has 0 fully saturated rings. The number of hydrogen-bond donors (Lipinski definition) is 0. The first-order valence-corrected chi connectivity index (χ1v) is 17.2. The van der Waals surface area contributed by atoms with E-state index in [0.717, 1.165) is 61.3 Å². The molecule has 10 rings (SSSR count). The predicted molar refractivity (Wildman–Crippen MR) is 211 cm³/mol. The van der Waals surface area contributed by atoms with Crippen LogP contribution in [0.1, 0.15) is 0 Å². The summed E-state index contributed by atoms with van der Waals surface area (Å²) in [6, 6.07) is 66.3. The van der Waals surface area contributed by atoms with E-state index in [2.05, 4.69) is 167 Å².